The monoisotopic (exact) mass is 235 g/mol. The van der Waals surface area contributed by atoms with Gasteiger partial charge in [-0.3, -0.25) is 0 Å². The van der Waals surface area contributed by atoms with Gasteiger partial charge in [0.05, 0.1) is 0 Å². The van der Waals surface area contributed by atoms with Crippen molar-refractivity contribution in [2.75, 3.05) is 0 Å². The maximum atomic E-state index is 4.14. The Bertz CT molecular complexity index is 297. The van der Waals surface area contributed by atoms with Gasteiger partial charge in [0.2, 0.25) is 0 Å². The van der Waals surface area contributed by atoms with Crippen LogP contribution in [0.1, 0.15) is 60.8 Å². The van der Waals surface area contributed by atoms with Crippen molar-refractivity contribution in [1.82, 2.24) is 4.90 Å². The van der Waals surface area contributed by atoms with Crippen LogP contribution in [0, 0.1) is 0 Å². The predicted octanol–water partition coefficient (Wildman–Crippen LogP) is 5.27. The van der Waals surface area contributed by atoms with Gasteiger partial charge in [-0.25, -0.2) is 0 Å². The fraction of sp³-hybridized carbons (Fsp3) is 0.625. The smallest absolute Gasteiger partial charge is 0.0332 e. The highest BCUT2D eigenvalue weighted by Gasteiger charge is 2.17. The van der Waals surface area contributed by atoms with E-state index in [-0.39, 0.29) is 0 Å². The summed E-state index contributed by atoms with van der Waals surface area (Å²) in [6, 6.07) is 0.581. The van der Waals surface area contributed by atoms with Crippen LogP contribution in [0.2, 0.25) is 0 Å². The molecule has 0 N–H and O–H groups in total. The Morgan fingerprint density at radius 1 is 1.24 bits per heavy atom. The highest BCUT2D eigenvalue weighted by atomic mass is 15.2. The van der Waals surface area contributed by atoms with Crippen molar-refractivity contribution in [3.05, 3.63) is 35.7 Å². The average molecular weight is 235 g/mol. The molecular formula is C16H29N. The highest BCUT2D eigenvalue weighted by Crippen LogP contribution is 2.24. The molecule has 1 heteroatoms. The van der Waals surface area contributed by atoms with E-state index in [4.69, 9.17) is 0 Å². The van der Waals surface area contributed by atoms with Crippen molar-refractivity contribution in [3.8, 4) is 0 Å². The van der Waals surface area contributed by atoms with Crippen LogP contribution in [-0.4, -0.2) is 10.9 Å². The standard InChI is InChI=1S/C16H29N/c1-8-11-14(6)15(7)17(13(4)5)16(10-3)12-9-2/h8,11,16H,4,9-10,12H2,1-3,5-7H3/b11-8-,15-14+. The van der Waals surface area contributed by atoms with Crippen molar-refractivity contribution in [1.29, 1.82) is 0 Å². The van der Waals surface area contributed by atoms with E-state index in [9.17, 15) is 0 Å². The zero-order chi connectivity index (χ0) is 13.4. The van der Waals surface area contributed by atoms with Crippen LogP contribution < -0.4 is 0 Å². The number of hydrogen-bond acceptors (Lipinski definition) is 1. The summed E-state index contributed by atoms with van der Waals surface area (Å²) in [6.07, 6.45) is 7.88. The molecule has 0 aliphatic rings. The minimum atomic E-state index is 0.581. The molecule has 0 saturated heterocycles. The number of nitrogens with zero attached hydrogens (tertiary/aromatic N) is 1. The lowest BCUT2D eigenvalue weighted by atomic mass is 10.0. The normalized spacial score (nSPS) is 14.7. The Morgan fingerprint density at radius 3 is 2.18 bits per heavy atom. The Morgan fingerprint density at radius 2 is 1.82 bits per heavy atom. The van der Waals surface area contributed by atoms with Crippen LogP contribution in [0.5, 0.6) is 0 Å². The van der Waals surface area contributed by atoms with Crippen LogP contribution in [0.4, 0.5) is 0 Å². The summed E-state index contributed by atoms with van der Waals surface area (Å²) in [7, 11) is 0. The van der Waals surface area contributed by atoms with Gasteiger partial charge in [-0.15, -0.1) is 0 Å². The Hall–Kier alpha value is -0.980. The molecule has 0 aliphatic carbocycles. The van der Waals surface area contributed by atoms with Gasteiger partial charge in [0.25, 0.3) is 0 Å². The second-order valence-corrected chi connectivity index (χ2v) is 4.72. The molecule has 0 aromatic carbocycles. The fourth-order valence-corrected chi connectivity index (χ4v) is 2.28. The Kier molecular flexibility index (Phi) is 7.69. The summed E-state index contributed by atoms with van der Waals surface area (Å²) in [5.41, 5.74) is 3.80. The molecule has 0 fully saturated rings. The van der Waals surface area contributed by atoms with Gasteiger partial charge < -0.3 is 4.90 Å². The molecule has 0 aromatic rings. The van der Waals surface area contributed by atoms with Crippen molar-refractivity contribution >= 4 is 0 Å². The van der Waals surface area contributed by atoms with E-state index < -0.39 is 0 Å². The third-order valence-corrected chi connectivity index (χ3v) is 3.22. The molecule has 98 valence electrons. The van der Waals surface area contributed by atoms with Crippen molar-refractivity contribution < 1.29 is 0 Å². The molecule has 0 amide bonds. The first-order valence-electron chi connectivity index (χ1n) is 6.74. The van der Waals surface area contributed by atoms with E-state index in [1.807, 2.05) is 0 Å². The largest absolute Gasteiger partial charge is 0.347 e. The Labute approximate surface area is 108 Å². The first kappa shape index (κ1) is 16.0. The number of hydrogen-bond donors (Lipinski definition) is 0. The summed E-state index contributed by atoms with van der Waals surface area (Å²) >= 11 is 0. The molecule has 0 spiro atoms. The van der Waals surface area contributed by atoms with Gasteiger partial charge in [0.15, 0.2) is 0 Å². The molecule has 1 atom stereocenters. The lowest BCUT2D eigenvalue weighted by Crippen LogP contribution is -2.32. The summed E-state index contributed by atoms with van der Waals surface area (Å²) in [6.45, 7) is 17.2. The van der Waals surface area contributed by atoms with Crippen LogP contribution in [0.3, 0.4) is 0 Å². The highest BCUT2D eigenvalue weighted by molar-refractivity contribution is 5.24. The molecule has 0 aromatic heterocycles. The van der Waals surface area contributed by atoms with E-state index in [0.717, 1.165) is 5.70 Å². The van der Waals surface area contributed by atoms with Crippen LogP contribution in [0.25, 0.3) is 0 Å². The summed E-state index contributed by atoms with van der Waals surface area (Å²) < 4.78 is 0. The zero-order valence-electron chi connectivity index (χ0n) is 12.5. The third-order valence-electron chi connectivity index (χ3n) is 3.22. The maximum absolute atomic E-state index is 4.14. The van der Waals surface area contributed by atoms with Crippen LogP contribution in [-0.2, 0) is 0 Å². The second kappa shape index (κ2) is 8.16. The van der Waals surface area contributed by atoms with Gasteiger partial charge >= 0.3 is 0 Å². The first-order chi connectivity index (χ1) is 7.99. The van der Waals surface area contributed by atoms with E-state index in [2.05, 4.69) is 65.2 Å². The van der Waals surface area contributed by atoms with Crippen molar-refractivity contribution in [3.63, 3.8) is 0 Å². The number of rotatable bonds is 7. The third kappa shape index (κ3) is 4.80. The molecule has 17 heavy (non-hydrogen) atoms. The van der Waals surface area contributed by atoms with Gasteiger partial charge in [-0.05, 0) is 46.1 Å². The topological polar surface area (TPSA) is 3.24 Å². The lowest BCUT2D eigenvalue weighted by Gasteiger charge is -2.35. The van der Waals surface area contributed by atoms with Crippen LogP contribution in [0.15, 0.2) is 35.7 Å². The quantitative estimate of drug-likeness (QED) is 0.543. The molecule has 1 unspecified atom stereocenters. The summed E-state index contributed by atoms with van der Waals surface area (Å²) in [5, 5.41) is 0. The predicted molar refractivity (Wildman–Crippen MR) is 78.8 cm³/mol. The average Bonchev–Trinajstić information content (AvgIpc) is 2.27. The van der Waals surface area contributed by atoms with Crippen molar-refractivity contribution in [2.45, 2.75) is 66.8 Å². The maximum Gasteiger partial charge on any atom is 0.0332 e. The molecule has 1 nitrogen and oxygen atoms in total. The fourth-order valence-electron chi connectivity index (χ4n) is 2.28. The van der Waals surface area contributed by atoms with Gasteiger partial charge in [-0.2, -0.15) is 0 Å². The minimum Gasteiger partial charge on any atom is -0.347 e. The molecule has 0 heterocycles. The van der Waals surface area contributed by atoms with E-state index in [0.29, 0.717) is 6.04 Å². The summed E-state index contributed by atoms with van der Waals surface area (Å²) in [4.78, 5) is 2.40. The van der Waals surface area contributed by atoms with Gasteiger partial charge in [0.1, 0.15) is 0 Å². The summed E-state index contributed by atoms with van der Waals surface area (Å²) in [5.74, 6) is 0. The van der Waals surface area contributed by atoms with E-state index >= 15 is 0 Å². The van der Waals surface area contributed by atoms with E-state index in [1.165, 1.54) is 30.5 Å². The molecule has 0 aliphatic heterocycles. The van der Waals surface area contributed by atoms with E-state index in [1.54, 1.807) is 0 Å². The molecule has 0 radical (unpaired) electrons. The zero-order valence-corrected chi connectivity index (χ0v) is 12.5. The minimum absolute atomic E-state index is 0.581. The SMILES string of the molecule is C=C(C)N(/C(C)=C(C)/C=C\C)C(CC)CCC. The Balaban J connectivity index is 5.21. The van der Waals surface area contributed by atoms with Gasteiger partial charge in [-0.1, -0.05) is 39.0 Å². The lowest BCUT2D eigenvalue weighted by molar-refractivity contribution is 0.286. The molecule has 0 rings (SSSR count). The molecule has 0 saturated carbocycles. The van der Waals surface area contributed by atoms with Gasteiger partial charge in [0, 0.05) is 17.4 Å². The second-order valence-electron chi connectivity index (χ2n) is 4.72. The number of allylic oxidation sites excluding steroid dienone is 5. The molecule has 0 bridgehead atoms. The first-order valence-corrected chi connectivity index (χ1v) is 6.74. The van der Waals surface area contributed by atoms with Crippen LogP contribution >= 0.6 is 0 Å². The van der Waals surface area contributed by atoms with Crippen molar-refractivity contribution in [2.24, 2.45) is 0 Å². The molecular weight excluding hydrogens is 206 g/mol.